The maximum Gasteiger partial charge on any atom is 0.128 e. The van der Waals surface area contributed by atoms with Crippen molar-refractivity contribution >= 4 is 18.2 Å². The Bertz CT molecular complexity index is 3450. The SMILES string of the molecule is C=C(C)[C@@H]1CC[C@]2(C(=C)OC)CC[C@]3(C)C(CCC4[C@@]5(C)CCC(=NC)[C@@](C)(CC)[C@@H]5CC[C@]43C)C12.C=C(C)[C@@H]1CC[C@]2(C(=C)OC)CC[C@]3(C)C(CCC4[C@@]5(C)CC[C@H](O)[C@@](C)(/C=N/O)[C@@H]5CC[C@]43C)C12.C=C(C)[C@@H]1CC[C@]2(C(=C)OC)CC[C@]3(C)C(CCC4[C@@]5(C)CC[C@H](O)[C@@](C)(C=O)[C@@H]5CC[C@]43C)C12. The second-order valence-electron chi connectivity index (χ2n) is 44.1. The molecule has 15 fully saturated rings. The minimum atomic E-state index is -0.611. The number of aliphatic hydroxyl groups excluding tert-OH is 2. The summed E-state index contributed by atoms with van der Waals surface area (Å²) in [4.78, 5) is 17.3. The van der Waals surface area contributed by atoms with E-state index in [0.29, 0.717) is 81.3 Å². The van der Waals surface area contributed by atoms with Crippen molar-refractivity contribution in [3.8, 4) is 0 Å². The molecular formula is C98H156N2O7. The van der Waals surface area contributed by atoms with Gasteiger partial charge in [0.1, 0.15) is 6.29 Å². The molecule has 15 aliphatic rings. The maximum absolute atomic E-state index is 12.4. The van der Waals surface area contributed by atoms with Gasteiger partial charge in [0, 0.05) is 39.8 Å². The largest absolute Gasteiger partial charge is 0.501 e. The van der Waals surface area contributed by atoms with Gasteiger partial charge >= 0.3 is 0 Å². The number of aliphatic hydroxyl groups is 2. The van der Waals surface area contributed by atoms with Crippen LogP contribution in [0.1, 0.15) is 310 Å². The quantitative estimate of drug-likeness (QED) is 0.0443. The summed E-state index contributed by atoms with van der Waals surface area (Å²) in [6.45, 7) is 66.7. The van der Waals surface area contributed by atoms with Crippen LogP contribution < -0.4 is 0 Å². The molecule has 3 N–H and O–H groups in total. The van der Waals surface area contributed by atoms with E-state index in [1.807, 2.05) is 35.3 Å². The number of methoxy groups -OCH3 is 3. The summed E-state index contributed by atoms with van der Waals surface area (Å²) in [6, 6.07) is 0. The molecule has 9 unspecified atom stereocenters. The normalized spacial score (nSPS) is 54.1. The third-order valence-electron chi connectivity index (χ3n) is 42.2. The van der Waals surface area contributed by atoms with Crippen LogP contribution in [-0.4, -0.2) is 74.2 Å². The predicted molar refractivity (Wildman–Crippen MR) is 440 cm³/mol. The van der Waals surface area contributed by atoms with Crippen molar-refractivity contribution in [3.63, 3.8) is 0 Å². The third-order valence-corrected chi connectivity index (χ3v) is 42.2. The van der Waals surface area contributed by atoms with E-state index in [0.717, 1.165) is 79.8 Å². The lowest BCUT2D eigenvalue weighted by Crippen LogP contribution is -2.67. The van der Waals surface area contributed by atoms with Gasteiger partial charge < -0.3 is 34.4 Å². The number of hydrogen-bond donors (Lipinski definition) is 3. The molecule has 0 aromatic rings. The average Bonchev–Trinajstić information content (AvgIpc) is 1.67. The number of hydrogen-bond acceptors (Lipinski definition) is 9. The molecule has 0 saturated heterocycles. The van der Waals surface area contributed by atoms with Crippen LogP contribution >= 0.6 is 0 Å². The van der Waals surface area contributed by atoms with Crippen LogP contribution in [-0.2, 0) is 19.0 Å². The number of nitrogens with zero attached hydrogens (tertiary/aromatic N) is 2. The summed E-state index contributed by atoms with van der Waals surface area (Å²) in [5.41, 5.74) is 7.63. The van der Waals surface area contributed by atoms with Crippen molar-refractivity contribution in [1.29, 1.82) is 0 Å². The van der Waals surface area contributed by atoms with Crippen molar-refractivity contribution < 1.29 is 34.4 Å². The molecule has 107 heavy (non-hydrogen) atoms. The van der Waals surface area contributed by atoms with Crippen molar-refractivity contribution in [3.05, 3.63) is 73.5 Å². The van der Waals surface area contributed by atoms with Gasteiger partial charge in [-0.05, 0) is 357 Å². The second-order valence-corrected chi connectivity index (χ2v) is 44.1. The smallest absolute Gasteiger partial charge is 0.128 e. The van der Waals surface area contributed by atoms with E-state index in [4.69, 9.17) is 19.2 Å². The molecule has 32 atom stereocenters. The fourth-order valence-corrected chi connectivity index (χ4v) is 35.8. The molecule has 0 radical (unpaired) electrons. The second kappa shape index (κ2) is 27.4. The van der Waals surface area contributed by atoms with Crippen LogP contribution in [0.3, 0.4) is 0 Å². The van der Waals surface area contributed by atoms with E-state index in [2.05, 4.69) is 148 Å². The zero-order valence-electron chi connectivity index (χ0n) is 72.0. The van der Waals surface area contributed by atoms with Crippen LogP contribution in [0.2, 0.25) is 0 Å². The number of aldehydes is 1. The van der Waals surface area contributed by atoms with Crippen LogP contribution in [0.5, 0.6) is 0 Å². The van der Waals surface area contributed by atoms with E-state index in [-0.39, 0.29) is 60.1 Å². The first kappa shape index (κ1) is 81.6. The zero-order valence-corrected chi connectivity index (χ0v) is 72.0. The van der Waals surface area contributed by atoms with Gasteiger partial charge in [-0.25, -0.2) is 0 Å². The number of carbonyl (C=O) groups is 1. The number of carbonyl (C=O) groups excluding carboxylic acids is 1. The molecule has 0 aromatic heterocycles. The molecular weight excluding hydrogens is 1320 g/mol. The molecule has 9 heteroatoms. The van der Waals surface area contributed by atoms with E-state index >= 15 is 0 Å². The zero-order chi connectivity index (χ0) is 78.2. The number of ether oxygens (including phenoxy) is 3. The maximum atomic E-state index is 12.4. The Labute approximate surface area is 653 Å². The van der Waals surface area contributed by atoms with Gasteiger partial charge in [-0.2, -0.15) is 0 Å². The first-order chi connectivity index (χ1) is 50.1. The summed E-state index contributed by atoms with van der Waals surface area (Å²) < 4.78 is 17.8. The van der Waals surface area contributed by atoms with Gasteiger partial charge in [0.25, 0.3) is 0 Å². The number of aliphatic imine (C=N–C) groups is 1. The summed E-state index contributed by atoms with van der Waals surface area (Å²) in [7, 11) is 7.55. The monoisotopic (exact) mass is 1470 g/mol. The number of oxime groups is 1. The minimum absolute atomic E-state index is 0.0951. The topological polar surface area (TPSA) is 130 Å². The Morgan fingerprint density at radius 2 is 0.738 bits per heavy atom. The van der Waals surface area contributed by atoms with Gasteiger partial charge in [0.15, 0.2) is 0 Å². The average molecular weight is 1470 g/mol. The Hall–Kier alpha value is -3.43. The molecule has 9 nitrogen and oxygen atoms in total. The van der Waals surface area contributed by atoms with Gasteiger partial charge in [-0.3, -0.25) is 4.99 Å². The first-order valence-corrected chi connectivity index (χ1v) is 44.2. The highest BCUT2D eigenvalue weighted by Gasteiger charge is 2.76. The summed E-state index contributed by atoms with van der Waals surface area (Å²) in [5, 5.41) is 35.0. The molecule has 600 valence electrons. The van der Waals surface area contributed by atoms with Gasteiger partial charge in [-0.1, -0.05) is 146 Å². The predicted octanol–water partition coefficient (Wildman–Crippen LogP) is 24.2. The van der Waals surface area contributed by atoms with E-state index < -0.39 is 23.0 Å². The molecule has 0 aliphatic heterocycles. The van der Waals surface area contributed by atoms with Crippen molar-refractivity contribution in [2.75, 3.05) is 28.4 Å². The van der Waals surface area contributed by atoms with Gasteiger partial charge in [-0.15, -0.1) is 5.16 Å². The molecule has 0 spiro atoms. The fraction of sp³-hybridized carbons (Fsp3) is 0.847. The molecule has 15 rings (SSSR count). The van der Waals surface area contributed by atoms with E-state index in [9.17, 15) is 20.2 Å². The summed E-state index contributed by atoms with van der Waals surface area (Å²) in [5.74, 6) is 12.1. The highest BCUT2D eigenvalue weighted by molar-refractivity contribution is 5.91. The van der Waals surface area contributed by atoms with E-state index in [1.165, 1.54) is 183 Å². The van der Waals surface area contributed by atoms with Gasteiger partial charge in [0.05, 0.1) is 62.4 Å². The Morgan fingerprint density at radius 1 is 0.411 bits per heavy atom. The highest BCUT2D eigenvalue weighted by atomic mass is 16.5. The lowest BCUT2D eigenvalue weighted by molar-refractivity contribution is -0.244. The molecule has 15 aliphatic carbocycles. The molecule has 0 heterocycles. The standard InChI is InChI=1S/C34H55NO.C32H51NO3.C32H50O3/c1-11-30(5)26-15-18-33(8)27(31(26,6)17-16-28(30)35-9)13-12-25-29-24(22(2)3)14-19-34(29,23(4)36-10)21-20-32(25,33)7;1-20(2)22-11-16-32(21(3)36-8)18-17-30(6)23(27(22)32)9-10-25-28(4)14-13-26(34)29(5,19-33-35)24(28)12-15-31(25,30)7;1-20(2)22-11-16-32(21(3)35-8)18-17-30(6)23(27(22)32)9-10-25-28(4)14-13-26(34)29(5,19-33)24(28)12-15-31(25,30)7/h24-27,29H,2,4,11-21H2,1,3,5-10H3;19,22-27,34-35H,1,3,9-18H2,2,4-8H3;19,22-27,34H,1,3,9-18H2,2,4-8H3/b;33-19+;/t24-,25?,26-,27?,29?,30-,31-,32+,33+,34+;2*22-,23?,24+,25?,26-,27?,28-,29-,30+,31+,32+/m000/s1. The van der Waals surface area contributed by atoms with Crippen LogP contribution in [0, 0.1) is 170 Å². The molecule has 0 amide bonds. The summed E-state index contributed by atoms with van der Waals surface area (Å²) >= 11 is 0. The molecule has 0 aromatic carbocycles. The number of fused-ring (bicyclic) bond motifs is 21. The third kappa shape index (κ3) is 10.7. The Kier molecular flexibility index (Phi) is 20.9. The Morgan fingerprint density at radius 3 is 1.05 bits per heavy atom. The summed E-state index contributed by atoms with van der Waals surface area (Å²) in [6.07, 6.45) is 39.1. The van der Waals surface area contributed by atoms with Crippen molar-refractivity contribution in [2.45, 2.75) is 322 Å². The fourth-order valence-electron chi connectivity index (χ4n) is 35.8. The lowest BCUT2D eigenvalue weighted by atomic mass is 9.32. The van der Waals surface area contributed by atoms with Crippen LogP contribution in [0.4, 0.5) is 0 Å². The Balaban J connectivity index is 0.000000142. The minimum Gasteiger partial charge on any atom is -0.501 e. The van der Waals surface area contributed by atoms with Crippen LogP contribution in [0.25, 0.3) is 0 Å². The molecule has 15 saturated carbocycles. The highest BCUT2D eigenvalue weighted by Crippen LogP contribution is 2.83. The lowest BCUT2D eigenvalue weighted by Gasteiger charge is -2.72. The van der Waals surface area contributed by atoms with Crippen LogP contribution in [0.15, 0.2) is 83.6 Å². The van der Waals surface area contributed by atoms with Crippen molar-refractivity contribution in [1.82, 2.24) is 0 Å². The number of rotatable bonds is 12. The first-order valence-electron chi connectivity index (χ1n) is 44.2. The van der Waals surface area contributed by atoms with E-state index in [1.54, 1.807) is 6.21 Å². The van der Waals surface area contributed by atoms with Gasteiger partial charge in [0.2, 0.25) is 0 Å². The van der Waals surface area contributed by atoms with Crippen molar-refractivity contribution in [2.24, 2.45) is 180 Å². The molecule has 0 bridgehead atoms. The number of allylic oxidation sites excluding steroid dienone is 6.